The molecule has 5 rings (SSSR count). The van der Waals surface area contributed by atoms with Crippen LogP contribution in [0.5, 0.6) is 0 Å². The Labute approximate surface area is 300 Å². The summed E-state index contributed by atoms with van der Waals surface area (Å²) in [5.74, 6) is -0.554. The molecule has 11 nitrogen and oxygen atoms in total. The lowest BCUT2D eigenvalue weighted by atomic mass is 9.68. The van der Waals surface area contributed by atoms with Gasteiger partial charge in [0.2, 0.25) is 12.8 Å². The molecule has 2 heterocycles. The molecule has 2 aliphatic rings. The Kier molecular flexibility index (Phi) is 13.1. The van der Waals surface area contributed by atoms with Gasteiger partial charge in [-0.1, -0.05) is 79.7 Å². The van der Waals surface area contributed by atoms with Crippen molar-refractivity contribution in [2.75, 3.05) is 52.5 Å². The number of amides is 2. The summed E-state index contributed by atoms with van der Waals surface area (Å²) in [5.41, 5.74) is 11.9. The van der Waals surface area contributed by atoms with Crippen molar-refractivity contribution in [2.24, 2.45) is 5.73 Å². The van der Waals surface area contributed by atoms with Gasteiger partial charge in [-0.15, -0.1) is 0 Å². The lowest BCUT2D eigenvalue weighted by Crippen LogP contribution is -2.44. The number of carbonyl (C=O) groups excluding carboxylic acids is 2. The number of nitro benzene ring substituents is 1. The predicted octanol–water partition coefficient (Wildman–Crippen LogP) is 5.50. The van der Waals surface area contributed by atoms with Crippen molar-refractivity contribution >= 4 is 18.5 Å². The van der Waals surface area contributed by atoms with E-state index in [1.54, 1.807) is 21.9 Å². The molecule has 1 fully saturated rings. The number of rotatable bonds is 18. The SMILES string of the molecule is CCC1=C(N(C=O)CCCN2CCC(c3ccccc3)(c3ccccc3)CC2)C(c2ccc([N+](=O)[O-])cc2)C(N(C=O)CC)=C(COCCN)N1. The molecule has 0 aliphatic carbocycles. The molecule has 0 saturated carbocycles. The summed E-state index contributed by atoms with van der Waals surface area (Å²) >= 11 is 0. The van der Waals surface area contributed by atoms with E-state index in [-0.39, 0.29) is 17.7 Å². The summed E-state index contributed by atoms with van der Waals surface area (Å²) in [7, 11) is 0. The molecule has 1 atom stereocenters. The van der Waals surface area contributed by atoms with E-state index in [1.165, 1.54) is 23.3 Å². The van der Waals surface area contributed by atoms with Gasteiger partial charge in [-0.25, -0.2) is 0 Å². The minimum atomic E-state index is -0.554. The molecule has 51 heavy (non-hydrogen) atoms. The van der Waals surface area contributed by atoms with Gasteiger partial charge in [-0.05, 0) is 68.9 Å². The van der Waals surface area contributed by atoms with Crippen molar-refractivity contribution in [1.82, 2.24) is 20.0 Å². The molecule has 11 heteroatoms. The average molecular weight is 695 g/mol. The maximum atomic E-state index is 13.0. The highest BCUT2D eigenvalue weighted by molar-refractivity contribution is 5.61. The highest BCUT2D eigenvalue weighted by atomic mass is 16.6. The second-order valence-corrected chi connectivity index (χ2v) is 13.0. The Hall–Kier alpha value is -4.84. The third-order valence-corrected chi connectivity index (χ3v) is 10.2. The van der Waals surface area contributed by atoms with Gasteiger partial charge in [-0.2, -0.15) is 0 Å². The maximum Gasteiger partial charge on any atom is 0.269 e. The summed E-state index contributed by atoms with van der Waals surface area (Å²) in [6.07, 6.45) is 4.96. The van der Waals surface area contributed by atoms with Crippen LogP contribution in [0, 0.1) is 10.1 Å². The number of piperidine rings is 1. The Bertz CT molecular complexity index is 1630. The van der Waals surface area contributed by atoms with Crippen molar-refractivity contribution in [3.05, 3.63) is 135 Å². The Balaban J connectivity index is 1.39. The number of likely N-dealkylation sites (N-methyl/N-ethyl adjacent to an activating group) is 1. The second kappa shape index (κ2) is 17.9. The lowest BCUT2D eigenvalue weighted by Gasteiger charge is -2.43. The molecule has 1 unspecified atom stereocenters. The minimum absolute atomic E-state index is 0.0361. The van der Waals surface area contributed by atoms with Crippen LogP contribution < -0.4 is 11.1 Å². The zero-order chi connectivity index (χ0) is 36.2. The van der Waals surface area contributed by atoms with Gasteiger partial charge in [0.05, 0.1) is 41.1 Å². The summed E-state index contributed by atoms with van der Waals surface area (Å²) in [4.78, 5) is 42.4. The van der Waals surface area contributed by atoms with E-state index in [0.29, 0.717) is 44.1 Å². The third-order valence-electron chi connectivity index (χ3n) is 10.2. The van der Waals surface area contributed by atoms with Crippen molar-refractivity contribution in [2.45, 2.75) is 50.9 Å². The Morgan fingerprint density at radius 3 is 2.00 bits per heavy atom. The first-order valence-electron chi connectivity index (χ1n) is 17.9. The van der Waals surface area contributed by atoms with E-state index >= 15 is 0 Å². The number of hydrogen-bond acceptors (Lipinski definition) is 8. The summed E-state index contributed by atoms with van der Waals surface area (Å²) in [6, 6.07) is 27.9. The molecule has 0 spiro atoms. The quantitative estimate of drug-likeness (QED) is 0.0772. The zero-order valence-electron chi connectivity index (χ0n) is 29.7. The smallest absolute Gasteiger partial charge is 0.269 e. The van der Waals surface area contributed by atoms with Gasteiger partial charge >= 0.3 is 0 Å². The number of benzene rings is 3. The molecule has 3 aromatic carbocycles. The first-order valence-corrected chi connectivity index (χ1v) is 17.9. The Morgan fingerprint density at radius 2 is 1.49 bits per heavy atom. The molecule has 2 aliphatic heterocycles. The fourth-order valence-electron chi connectivity index (χ4n) is 7.62. The maximum absolute atomic E-state index is 13.0. The van der Waals surface area contributed by atoms with Crippen LogP contribution in [0.1, 0.15) is 62.1 Å². The van der Waals surface area contributed by atoms with Crippen LogP contribution in [0.25, 0.3) is 0 Å². The predicted molar refractivity (Wildman–Crippen MR) is 198 cm³/mol. The van der Waals surface area contributed by atoms with Gasteiger partial charge in [0.15, 0.2) is 0 Å². The fraction of sp³-hybridized carbons (Fsp3) is 0.400. The molecule has 270 valence electrons. The van der Waals surface area contributed by atoms with E-state index in [4.69, 9.17) is 10.5 Å². The largest absolute Gasteiger partial charge is 0.374 e. The van der Waals surface area contributed by atoms with Crippen LogP contribution in [-0.4, -0.2) is 84.9 Å². The van der Waals surface area contributed by atoms with Crippen LogP contribution in [0.3, 0.4) is 0 Å². The number of ether oxygens (including phenoxy) is 1. The van der Waals surface area contributed by atoms with E-state index < -0.39 is 10.8 Å². The van der Waals surface area contributed by atoms with Crippen LogP contribution >= 0.6 is 0 Å². The van der Waals surface area contributed by atoms with Crippen molar-refractivity contribution in [3.63, 3.8) is 0 Å². The van der Waals surface area contributed by atoms with Gasteiger partial charge < -0.3 is 30.5 Å². The van der Waals surface area contributed by atoms with E-state index in [1.807, 2.05) is 13.8 Å². The number of nitrogens with two attached hydrogens (primary N) is 1. The number of allylic oxidation sites excluding steroid dienone is 1. The number of carbonyl (C=O) groups is 2. The Morgan fingerprint density at radius 1 is 0.902 bits per heavy atom. The molecular weight excluding hydrogens is 644 g/mol. The standard InChI is InChI=1S/C40H50N6O5/c1-3-35-38(37(31-16-18-34(19-17-31)46(49)50)39(44(4-2)29-47)36(42-35)28-51-27-22-41)45(30-48)24-11-23-43-25-20-40(21-26-43,32-12-7-5-8-13-32)33-14-9-6-10-15-33/h5-10,12-19,29-30,37,42H,3-4,11,20-28,41H2,1-2H3. The second-order valence-electron chi connectivity index (χ2n) is 13.0. The fourth-order valence-corrected chi connectivity index (χ4v) is 7.62. The van der Waals surface area contributed by atoms with Gasteiger partial charge in [0.1, 0.15) is 0 Å². The van der Waals surface area contributed by atoms with E-state index in [0.717, 1.165) is 68.7 Å². The number of likely N-dealkylation sites (tertiary alicyclic amines) is 1. The molecule has 1 saturated heterocycles. The topological polar surface area (TPSA) is 134 Å². The number of nitrogens with zero attached hydrogens (tertiary/aromatic N) is 4. The summed E-state index contributed by atoms with van der Waals surface area (Å²) in [5, 5.41) is 15.0. The lowest BCUT2D eigenvalue weighted by molar-refractivity contribution is -0.384. The molecule has 3 aromatic rings. The highest BCUT2D eigenvalue weighted by Crippen LogP contribution is 2.43. The number of nitro groups is 1. The normalized spacial score (nSPS) is 17.5. The minimum Gasteiger partial charge on any atom is -0.374 e. The summed E-state index contributed by atoms with van der Waals surface area (Å²) < 4.78 is 5.86. The van der Waals surface area contributed by atoms with Crippen molar-refractivity contribution in [1.29, 1.82) is 0 Å². The molecular formula is C40H50N6O5. The summed E-state index contributed by atoms with van der Waals surface area (Å²) in [6.45, 7) is 8.29. The average Bonchev–Trinajstić information content (AvgIpc) is 3.18. The number of non-ortho nitro benzene ring substituents is 1. The number of hydrogen-bond donors (Lipinski definition) is 2. The van der Waals surface area contributed by atoms with Crippen molar-refractivity contribution in [3.8, 4) is 0 Å². The van der Waals surface area contributed by atoms with Crippen LogP contribution in [0.4, 0.5) is 5.69 Å². The third kappa shape index (κ3) is 8.39. The molecule has 0 radical (unpaired) electrons. The molecule has 0 bridgehead atoms. The highest BCUT2D eigenvalue weighted by Gasteiger charge is 2.39. The van der Waals surface area contributed by atoms with Gasteiger partial charge in [-0.3, -0.25) is 19.7 Å². The number of dihydropyridines is 1. The zero-order valence-corrected chi connectivity index (χ0v) is 29.7. The van der Waals surface area contributed by atoms with Gasteiger partial charge in [0, 0.05) is 42.9 Å². The first-order chi connectivity index (χ1) is 24.9. The van der Waals surface area contributed by atoms with E-state index in [2.05, 4.69) is 70.9 Å². The van der Waals surface area contributed by atoms with Crippen LogP contribution in [0.15, 0.2) is 108 Å². The molecule has 0 aromatic heterocycles. The first kappa shape index (κ1) is 37.4. The monoisotopic (exact) mass is 694 g/mol. The molecule has 3 N–H and O–H groups in total. The van der Waals surface area contributed by atoms with E-state index in [9.17, 15) is 19.7 Å². The van der Waals surface area contributed by atoms with Gasteiger partial charge in [0.25, 0.3) is 5.69 Å². The molecule has 2 amide bonds. The van der Waals surface area contributed by atoms with Crippen LogP contribution in [-0.2, 0) is 19.7 Å². The number of nitrogens with one attached hydrogen (secondary N) is 1. The van der Waals surface area contributed by atoms with Crippen molar-refractivity contribution < 1.29 is 19.2 Å². The van der Waals surface area contributed by atoms with Crippen LogP contribution in [0.2, 0.25) is 0 Å².